The van der Waals surface area contributed by atoms with Crippen molar-refractivity contribution in [2.24, 2.45) is 0 Å². The van der Waals surface area contributed by atoms with E-state index >= 15 is 0 Å². The van der Waals surface area contributed by atoms with Gasteiger partial charge in [0.05, 0.1) is 4.92 Å². The maximum absolute atomic E-state index is 11.5. The Bertz CT molecular complexity index is 726. The molecule has 0 bridgehead atoms. The van der Waals surface area contributed by atoms with E-state index in [-0.39, 0.29) is 17.3 Å². The van der Waals surface area contributed by atoms with Gasteiger partial charge in [0.25, 0.3) is 0 Å². The van der Waals surface area contributed by atoms with Crippen molar-refractivity contribution < 1.29 is 9.45 Å². The summed E-state index contributed by atoms with van der Waals surface area (Å²) in [4.78, 5) is 21.1. The summed E-state index contributed by atoms with van der Waals surface area (Å²) in [5.74, 6) is 1.13. The fourth-order valence-corrected chi connectivity index (χ4v) is 2.34. The molecule has 11 heteroatoms. The number of likely N-dealkylation sites (N-methyl/N-ethyl adjacent to an activating group) is 1. The van der Waals surface area contributed by atoms with Crippen molar-refractivity contribution in [2.45, 2.75) is 6.92 Å². The third-order valence-corrected chi connectivity index (χ3v) is 3.65. The Morgan fingerprint density at radius 1 is 1.25 bits per heavy atom. The number of rotatable bonds is 5. The quantitative estimate of drug-likeness (QED) is 0.604. The summed E-state index contributed by atoms with van der Waals surface area (Å²) >= 11 is 0. The second-order valence-corrected chi connectivity index (χ2v) is 5.53. The summed E-state index contributed by atoms with van der Waals surface area (Å²) in [6, 6.07) is 1.62. The lowest BCUT2D eigenvalue weighted by Gasteiger charge is -2.32. The van der Waals surface area contributed by atoms with E-state index in [1.54, 1.807) is 13.0 Å². The molecule has 1 fully saturated rings. The molecule has 0 atom stereocenters. The first-order chi connectivity index (χ1) is 11.5. The molecule has 0 saturated carbocycles. The highest BCUT2D eigenvalue weighted by Crippen LogP contribution is 2.31. The largest absolute Gasteiger partial charge is 0.360 e. The summed E-state index contributed by atoms with van der Waals surface area (Å²) < 4.78 is 4.94. The number of nitrogens with zero attached hydrogens (tertiary/aromatic N) is 6. The summed E-state index contributed by atoms with van der Waals surface area (Å²) in [6.45, 7) is 4.95. The number of anilines is 3. The van der Waals surface area contributed by atoms with Crippen LogP contribution in [0.3, 0.4) is 0 Å². The molecule has 0 aliphatic carbocycles. The van der Waals surface area contributed by atoms with E-state index in [2.05, 4.69) is 30.8 Å². The molecule has 0 aromatic carbocycles. The van der Waals surface area contributed by atoms with Crippen LogP contribution in [0.25, 0.3) is 0 Å². The van der Waals surface area contributed by atoms with Crippen LogP contribution in [-0.2, 0) is 0 Å². The van der Waals surface area contributed by atoms with Gasteiger partial charge in [0.15, 0.2) is 5.82 Å². The van der Waals surface area contributed by atoms with Crippen LogP contribution in [0.4, 0.5) is 23.1 Å². The van der Waals surface area contributed by atoms with Crippen LogP contribution in [0.1, 0.15) is 5.76 Å². The predicted molar refractivity (Wildman–Crippen MR) is 85.9 cm³/mol. The Morgan fingerprint density at radius 3 is 2.58 bits per heavy atom. The van der Waals surface area contributed by atoms with Crippen molar-refractivity contribution in [1.82, 2.24) is 25.0 Å². The van der Waals surface area contributed by atoms with Crippen LogP contribution in [0, 0.1) is 17.0 Å². The van der Waals surface area contributed by atoms with E-state index in [0.29, 0.717) is 11.6 Å². The zero-order valence-corrected chi connectivity index (χ0v) is 13.4. The molecule has 3 heterocycles. The lowest BCUT2D eigenvalue weighted by Crippen LogP contribution is -2.47. The lowest BCUT2D eigenvalue weighted by molar-refractivity contribution is -0.383. The average molecular weight is 334 g/mol. The monoisotopic (exact) mass is 334 g/mol. The first-order valence-electron chi connectivity index (χ1n) is 7.43. The van der Waals surface area contributed by atoms with Gasteiger partial charge in [-0.05, 0) is 14.0 Å². The van der Waals surface area contributed by atoms with Crippen LogP contribution in [-0.4, -0.2) is 63.2 Å². The van der Waals surface area contributed by atoms with E-state index in [4.69, 9.17) is 4.52 Å². The average Bonchev–Trinajstić information content (AvgIpc) is 2.94. The Labute approximate surface area is 137 Å². The molecule has 0 unspecified atom stereocenters. The van der Waals surface area contributed by atoms with Gasteiger partial charge in [-0.15, -0.1) is 0 Å². The molecule has 11 nitrogen and oxygen atoms in total. The second kappa shape index (κ2) is 6.76. The Balaban J connectivity index is 1.83. The normalized spacial score (nSPS) is 16.1. The van der Waals surface area contributed by atoms with E-state index < -0.39 is 4.92 Å². The smallest absolute Gasteiger partial charge is 0.354 e. The molecule has 2 aromatic rings. The second-order valence-electron chi connectivity index (χ2n) is 5.53. The van der Waals surface area contributed by atoms with E-state index in [1.165, 1.54) is 6.33 Å². The van der Waals surface area contributed by atoms with Crippen LogP contribution in [0.2, 0.25) is 0 Å². The molecule has 2 aromatic heterocycles. The topological polar surface area (TPSA) is 125 Å². The SMILES string of the molecule is Cc1cc(Nc2ncnc(NN3CCN(C)CC3)c2[N+](=O)[O-])no1. The highest BCUT2D eigenvalue weighted by molar-refractivity contribution is 5.72. The van der Waals surface area contributed by atoms with Crippen LogP contribution >= 0.6 is 0 Å². The summed E-state index contributed by atoms with van der Waals surface area (Å²) in [6.07, 6.45) is 1.26. The van der Waals surface area contributed by atoms with Crippen molar-refractivity contribution in [3.8, 4) is 0 Å². The summed E-state index contributed by atoms with van der Waals surface area (Å²) in [7, 11) is 2.03. The lowest BCUT2D eigenvalue weighted by atomic mass is 10.4. The number of hydrogen-bond acceptors (Lipinski definition) is 10. The molecule has 24 heavy (non-hydrogen) atoms. The maximum atomic E-state index is 11.5. The molecule has 1 aliphatic rings. The van der Waals surface area contributed by atoms with Crippen LogP contribution < -0.4 is 10.7 Å². The number of nitrogens with one attached hydrogen (secondary N) is 2. The van der Waals surface area contributed by atoms with Gasteiger partial charge in [0, 0.05) is 32.2 Å². The van der Waals surface area contributed by atoms with Gasteiger partial charge in [-0.3, -0.25) is 15.5 Å². The highest BCUT2D eigenvalue weighted by Gasteiger charge is 2.26. The maximum Gasteiger partial charge on any atom is 0.354 e. The minimum absolute atomic E-state index is 0.0555. The predicted octanol–water partition coefficient (Wildman–Crippen LogP) is 0.999. The Kier molecular flexibility index (Phi) is 4.53. The molecule has 1 aliphatic heterocycles. The van der Waals surface area contributed by atoms with Gasteiger partial charge in [-0.25, -0.2) is 15.0 Å². The van der Waals surface area contributed by atoms with Crippen LogP contribution in [0.5, 0.6) is 0 Å². The van der Waals surface area contributed by atoms with E-state index in [9.17, 15) is 10.1 Å². The van der Waals surface area contributed by atoms with Crippen molar-refractivity contribution in [3.05, 3.63) is 28.3 Å². The first kappa shape index (κ1) is 16.1. The van der Waals surface area contributed by atoms with Crippen molar-refractivity contribution in [3.63, 3.8) is 0 Å². The zero-order chi connectivity index (χ0) is 17.1. The number of hydrogen-bond donors (Lipinski definition) is 2. The Hall–Kier alpha value is -2.79. The first-order valence-corrected chi connectivity index (χ1v) is 7.43. The number of nitro groups is 1. The number of aryl methyl sites for hydroxylation is 1. The Morgan fingerprint density at radius 2 is 1.96 bits per heavy atom. The molecular weight excluding hydrogens is 316 g/mol. The number of piperazine rings is 1. The summed E-state index contributed by atoms with van der Waals surface area (Å²) in [5.41, 5.74) is 2.77. The molecule has 0 radical (unpaired) electrons. The standard InChI is InChI=1S/C13H18N8O3/c1-9-7-10(18-24-9)16-12-11(21(22)23)13(15-8-14-12)17-20-5-3-19(2)4-6-20/h7-8H,3-6H2,1-2H3,(H2,14,15,16,17,18). The van der Waals surface area contributed by atoms with Crippen molar-refractivity contribution in [2.75, 3.05) is 44.0 Å². The zero-order valence-electron chi connectivity index (χ0n) is 13.4. The molecule has 1 saturated heterocycles. The third-order valence-electron chi connectivity index (χ3n) is 3.65. The van der Waals surface area contributed by atoms with E-state index in [0.717, 1.165) is 26.2 Å². The number of hydrazine groups is 1. The minimum atomic E-state index is -0.520. The summed E-state index contributed by atoms with van der Waals surface area (Å²) in [5, 5.41) is 20.0. The fraction of sp³-hybridized carbons (Fsp3) is 0.462. The van der Waals surface area contributed by atoms with Gasteiger partial charge in [0.2, 0.25) is 11.6 Å². The molecule has 128 valence electrons. The fourth-order valence-electron chi connectivity index (χ4n) is 2.34. The van der Waals surface area contributed by atoms with Crippen molar-refractivity contribution >= 4 is 23.1 Å². The van der Waals surface area contributed by atoms with Gasteiger partial charge >= 0.3 is 5.69 Å². The van der Waals surface area contributed by atoms with Gasteiger partial charge < -0.3 is 14.7 Å². The van der Waals surface area contributed by atoms with Crippen LogP contribution in [0.15, 0.2) is 16.9 Å². The van der Waals surface area contributed by atoms with Crippen molar-refractivity contribution in [1.29, 1.82) is 0 Å². The molecule has 2 N–H and O–H groups in total. The third kappa shape index (κ3) is 3.58. The minimum Gasteiger partial charge on any atom is -0.360 e. The molecule has 0 spiro atoms. The highest BCUT2D eigenvalue weighted by atomic mass is 16.6. The van der Waals surface area contributed by atoms with E-state index in [1.807, 2.05) is 12.1 Å². The van der Waals surface area contributed by atoms with Gasteiger partial charge in [-0.1, -0.05) is 5.16 Å². The van der Waals surface area contributed by atoms with Gasteiger partial charge in [0.1, 0.15) is 12.1 Å². The van der Waals surface area contributed by atoms with Gasteiger partial charge in [-0.2, -0.15) is 0 Å². The molecule has 0 amide bonds. The molecular formula is C13H18N8O3. The number of aromatic nitrogens is 3. The molecule has 3 rings (SSSR count).